The van der Waals surface area contributed by atoms with Crippen LogP contribution in [0.25, 0.3) is 0 Å². The second kappa shape index (κ2) is 5.64. The molecule has 2 N–H and O–H groups in total. The van der Waals surface area contributed by atoms with Gasteiger partial charge in [-0.3, -0.25) is 9.59 Å². The molecule has 17 heavy (non-hydrogen) atoms. The first-order valence-corrected chi connectivity index (χ1v) is 4.84. The van der Waals surface area contributed by atoms with Crippen molar-refractivity contribution >= 4 is 23.5 Å². The van der Waals surface area contributed by atoms with Crippen molar-refractivity contribution in [2.24, 2.45) is 0 Å². The van der Waals surface area contributed by atoms with E-state index in [-0.39, 0.29) is 12.0 Å². The topological polar surface area (TPSA) is 98.3 Å². The molecule has 1 aromatic carbocycles. The van der Waals surface area contributed by atoms with E-state index in [9.17, 15) is 19.5 Å². The van der Waals surface area contributed by atoms with Gasteiger partial charge in [-0.15, -0.1) is 0 Å². The van der Waals surface area contributed by atoms with Crippen molar-refractivity contribution < 1.29 is 19.5 Å². The lowest BCUT2D eigenvalue weighted by molar-refractivity contribution is -0.255. The number of carboxylic acids is 1. The number of carbonyl (C=O) groups is 3. The van der Waals surface area contributed by atoms with Gasteiger partial charge < -0.3 is 20.5 Å². The molecule has 0 aliphatic heterocycles. The highest BCUT2D eigenvalue weighted by molar-refractivity contribution is 6.03. The molecule has 1 aromatic rings. The van der Waals surface area contributed by atoms with Gasteiger partial charge in [-0.25, -0.2) is 0 Å². The van der Waals surface area contributed by atoms with Crippen LogP contribution in [0.1, 0.15) is 16.8 Å². The summed E-state index contributed by atoms with van der Waals surface area (Å²) in [5, 5.41) is 15.2. The summed E-state index contributed by atoms with van der Waals surface area (Å²) in [6.07, 6.45) is -0.279. The molecule has 0 radical (unpaired) electrons. The number of aromatic carboxylic acids is 1. The molecule has 90 valence electrons. The Morgan fingerprint density at radius 1 is 1.12 bits per heavy atom. The summed E-state index contributed by atoms with van der Waals surface area (Å²) in [6.45, 7) is 0. The van der Waals surface area contributed by atoms with Crippen molar-refractivity contribution in [2.75, 3.05) is 12.4 Å². The molecule has 0 fully saturated rings. The number of anilines is 1. The lowest BCUT2D eigenvalue weighted by atomic mass is 10.2. The molecule has 0 heterocycles. The van der Waals surface area contributed by atoms with Crippen LogP contribution in [-0.4, -0.2) is 24.8 Å². The first-order valence-electron chi connectivity index (χ1n) is 4.84. The highest BCUT2D eigenvalue weighted by Gasteiger charge is 2.07. The maximum atomic E-state index is 11.3. The minimum atomic E-state index is -1.28. The van der Waals surface area contributed by atoms with Crippen LogP contribution in [0.2, 0.25) is 0 Å². The maximum absolute atomic E-state index is 11.3. The van der Waals surface area contributed by atoms with Crippen LogP contribution in [0.15, 0.2) is 24.3 Å². The highest BCUT2D eigenvalue weighted by Crippen LogP contribution is 2.09. The Balaban J connectivity index is 2.60. The van der Waals surface area contributed by atoms with Crippen molar-refractivity contribution in [3.63, 3.8) is 0 Å². The minimum Gasteiger partial charge on any atom is -0.545 e. The molecule has 0 bridgehead atoms. The van der Waals surface area contributed by atoms with Crippen molar-refractivity contribution in [3.8, 4) is 0 Å². The Kier molecular flexibility index (Phi) is 4.21. The summed E-state index contributed by atoms with van der Waals surface area (Å²) in [5.41, 5.74) is 0.443. The zero-order valence-electron chi connectivity index (χ0n) is 9.15. The second-order valence-electron chi connectivity index (χ2n) is 3.26. The standard InChI is InChI=1S/C11H12N2O4/c1-12-9(14)6-10(15)13-8-4-2-7(3-5-8)11(16)17/h2-5H,6H2,1H3,(H,12,14)(H,13,15)(H,16,17)/p-1. The summed E-state index contributed by atoms with van der Waals surface area (Å²) in [5.74, 6) is -2.15. The van der Waals surface area contributed by atoms with Gasteiger partial charge in [-0.05, 0) is 17.7 Å². The summed E-state index contributed by atoms with van der Waals surface area (Å²) < 4.78 is 0. The monoisotopic (exact) mass is 235 g/mol. The largest absolute Gasteiger partial charge is 0.545 e. The number of rotatable bonds is 4. The van der Waals surface area contributed by atoms with E-state index in [1.54, 1.807) is 0 Å². The lowest BCUT2D eigenvalue weighted by Gasteiger charge is -2.06. The molecule has 0 aliphatic carbocycles. The number of amides is 2. The molecule has 0 spiro atoms. The lowest BCUT2D eigenvalue weighted by Crippen LogP contribution is -2.25. The van der Waals surface area contributed by atoms with Crippen molar-refractivity contribution in [1.82, 2.24) is 5.32 Å². The fourth-order valence-corrected chi connectivity index (χ4v) is 1.13. The zero-order valence-corrected chi connectivity index (χ0v) is 9.15. The van der Waals surface area contributed by atoms with Crippen LogP contribution in [0.5, 0.6) is 0 Å². The number of nitrogens with one attached hydrogen (secondary N) is 2. The molecular formula is C11H11N2O4-. The Bertz CT molecular complexity index is 439. The molecular weight excluding hydrogens is 224 g/mol. The predicted octanol–water partition coefficient (Wildman–Crippen LogP) is -0.875. The Morgan fingerprint density at radius 2 is 1.71 bits per heavy atom. The first kappa shape index (κ1) is 12.7. The van der Waals surface area contributed by atoms with E-state index >= 15 is 0 Å². The molecule has 6 heteroatoms. The van der Waals surface area contributed by atoms with Gasteiger partial charge in [0.2, 0.25) is 11.8 Å². The third-order valence-electron chi connectivity index (χ3n) is 2.00. The fourth-order valence-electron chi connectivity index (χ4n) is 1.13. The zero-order chi connectivity index (χ0) is 12.8. The van der Waals surface area contributed by atoms with Crippen molar-refractivity contribution in [2.45, 2.75) is 6.42 Å². The molecule has 2 amide bonds. The summed E-state index contributed by atoms with van der Waals surface area (Å²) in [4.78, 5) is 32.7. The minimum absolute atomic E-state index is 0.0225. The van der Waals surface area contributed by atoms with Gasteiger partial charge in [-0.1, -0.05) is 12.1 Å². The van der Waals surface area contributed by atoms with Gasteiger partial charge in [-0.2, -0.15) is 0 Å². The van der Waals surface area contributed by atoms with E-state index in [0.717, 1.165) is 0 Å². The second-order valence-corrected chi connectivity index (χ2v) is 3.26. The highest BCUT2D eigenvalue weighted by atomic mass is 16.4. The van der Waals surface area contributed by atoms with Crippen LogP contribution in [0.3, 0.4) is 0 Å². The molecule has 0 unspecified atom stereocenters. The average Bonchev–Trinajstić information content (AvgIpc) is 2.29. The molecule has 0 saturated heterocycles. The summed E-state index contributed by atoms with van der Waals surface area (Å²) in [7, 11) is 1.43. The van der Waals surface area contributed by atoms with Gasteiger partial charge >= 0.3 is 0 Å². The average molecular weight is 235 g/mol. The van der Waals surface area contributed by atoms with Gasteiger partial charge in [0.05, 0.1) is 5.97 Å². The molecule has 0 aliphatic rings. The van der Waals surface area contributed by atoms with E-state index in [1.807, 2.05) is 0 Å². The number of carbonyl (C=O) groups excluding carboxylic acids is 3. The molecule has 0 saturated carbocycles. The number of hydrogen-bond acceptors (Lipinski definition) is 4. The van der Waals surface area contributed by atoms with Crippen LogP contribution < -0.4 is 15.7 Å². The number of benzene rings is 1. The molecule has 0 atom stereocenters. The Labute approximate surface area is 97.6 Å². The van der Waals surface area contributed by atoms with Crippen LogP contribution in [0.4, 0.5) is 5.69 Å². The normalized spacial score (nSPS) is 9.47. The van der Waals surface area contributed by atoms with Gasteiger partial charge in [0, 0.05) is 12.7 Å². The smallest absolute Gasteiger partial charge is 0.233 e. The quantitative estimate of drug-likeness (QED) is 0.662. The van der Waals surface area contributed by atoms with Gasteiger partial charge in [0.25, 0.3) is 0 Å². The van der Waals surface area contributed by atoms with Gasteiger partial charge in [0.1, 0.15) is 6.42 Å². The van der Waals surface area contributed by atoms with E-state index in [2.05, 4.69) is 10.6 Å². The predicted molar refractivity (Wildman–Crippen MR) is 58.1 cm³/mol. The third kappa shape index (κ3) is 3.94. The fraction of sp³-hybridized carbons (Fsp3) is 0.182. The van der Waals surface area contributed by atoms with Crippen LogP contribution >= 0.6 is 0 Å². The van der Waals surface area contributed by atoms with Crippen molar-refractivity contribution in [3.05, 3.63) is 29.8 Å². The van der Waals surface area contributed by atoms with E-state index in [4.69, 9.17) is 0 Å². The maximum Gasteiger partial charge on any atom is 0.233 e. The van der Waals surface area contributed by atoms with E-state index < -0.39 is 17.8 Å². The first-order chi connectivity index (χ1) is 8.02. The summed E-state index contributed by atoms with van der Waals surface area (Å²) >= 11 is 0. The van der Waals surface area contributed by atoms with E-state index in [1.165, 1.54) is 31.3 Å². The van der Waals surface area contributed by atoms with Crippen LogP contribution in [-0.2, 0) is 9.59 Å². The Hall–Kier alpha value is -2.37. The molecule has 1 rings (SSSR count). The van der Waals surface area contributed by atoms with Gasteiger partial charge in [0.15, 0.2) is 0 Å². The van der Waals surface area contributed by atoms with Crippen molar-refractivity contribution in [1.29, 1.82) is 0 Å². The summed E-state index contributed by atoms with van der Waals surface area (Å²) in [6, 6.07) is 5.47. The molecule has 6 nitrogen and oxygen atoms in total. The van der Waals surface area contributed by atoms with E-state index in [0.29, 0.717) is 5.69 Å². The number of carboxylic acid groups (broad SMARTS) is 1. The third-order valence-corrected chi connectivity index (χ3v) is 2.00. The number of hydrogen-bond donors (Lipinski definition) is 2. The molecule has 0 aromatic heterocycles. The van der Waals surface area contributed by atoms with Crippen LogP contribution in [0, 0.1) is 0 Å². The SMILES string of the molecule is CNC(=O)CC(=O)Nc1ccc(C(=O)[O-])cc1. The Morgan fingerprint density at radius 3 is 2.18 bits per heavy atom.